The number of hydrogen-bond acceptors (Lipinski definition) is 4. The van der Waals surface area contributed by atoms with Gasteiger partial charge in [0.15, 0.2) is 6.04 Å². The lowest BCUT2D eigenvalue weighted by Gasteiger charge is -2.18. The molecule has 1 atom stereocenters. The molecular weight excluding hydrogens is 426 g/mol. The summed E-state index contributed by atoms with van der Waals surface area (Å²) in [4.78, 5) is 29.8. The first kappa shape index (κ1) is 23.5. The Balaban J connectivity index is 1.82. The molecule has 0 radical (unpaired) electrons. The number of carbonyl (C=O) groups is 2. The highest BCUT2D eigenvalue weighted by Crippen LogP contribution is 2.20. The number of aromatic nitrogens is 2. The lowest BCUT2D eigenvalue weighted by molar-refractivity contribution is -0.145. The smallest absolute Gasteiger partial charge is 0.333 e. The molecule has 0 aliphatic heterocycles. The Labute approximate surface area is 193 Å². The molecule has 1 heterocycles. The number of nitrogens with one attached hydrogen (secondary N) is 1. The second kappa shape index (κ2) is 11.5. The molecule has 168 valence electrons. The van der Waals surface area contributed by atoms with Crippen molar-refractivity contribution in [2.75, 3.05) is 7.11 Å². The van der Waals surface area contributed by atoms with E-state index < -0.39 is 12.0 Å². The summed E-state index contributed by atoms with van der Waals surface area (Å²) in [5.41, 5.74) is 2.40. The van der Waals surface area contributed by atoms with E-state index in [1.807, 2.05) is 47.0 Å². The zero-order chi connectivity index (χ0) is 22.9. The van der Waals surface area contributed by atoms with Crippen molar-refractivity contribution < 1.29 is 14.3 Å². The monoisotopic (exact) mass is 453 g/mol. The number of halogens is 1. The minimum atomic E-state index is -0.867. The van der Waals surface area contributed by atoms with Gasteiger partial charge in [-0.2, -0.15) is 0 Å². The number of benzene rings is 2. The van der Waals surface area contributed by atoms with Crippen LogP contribution in [0.1, 0.15) is 48.5 Å². The van der Waals surface area contributed by atoms with Gasteiger partial charge in [-0.25, -0.2) is 9.78 Å². The normalized spacial score (nSPS) is 11.7. The summed E-state index contributed by atoms with van der Waals surface area (Å²) < 4.78 is 6.94. The van der Waals surface area contributed by atoms with Crippen molar-refractivity contribution in [3.8, 4) is 0 Å². The van der Waals surface area contributed by atoms with Crippen LogP contribution >= 0.6 is 11.6 Å². The van der Waals surface area contributed by atoms with Gasteiger partial charge in [0.25, 0.3) is 0 Å². The quantitative estimate of drug-likeness (QED) is 0.459. The largest absolute Gasteiger partial charge is 0.467 e. The fourth-order valence-corrected chi connectivity index (χ4v) is 3.73. The van der Waals surface area contributed by atoms with Crippen molar-refractivity contribution in [3.63, 3.8) is 0 Å². The molecule has 0 aliphatic carbocycles. The number of unbranched alkanes of at least 4 members (excludes halogenated alkanes) is 1. The van der Waals surface area contributed by atoms with E-state index in [0.29, 0.717) is 17.1 Å². The third kappa shape index (κ3) is 5.98. The molecule has 32 heavy (non-hydrogen) atoms. The summed E-state index contributed by atoms with van der Waals surface area (Å²) in [6, 6.07) is 15.8. The molecule has 1 aromatic heterocycles. The zero-order valence-electron chi connectivity index (χ0n) is 18.4. The maximum absolute atomic E-state index is 12.9. The lowest BCUT2D eigenvalue weighted by atomic mass is 10.1. The number of aryl methyl sites for hydroxylation is 1. The van der Waals surface area contributed by atoms with Gasteiger partial charge >= 0.3 is 5.97 Å². The number of imidazole rings is 1. The van der Waals surface area contributed by atoms with E-state index in [1.165, 1.54) is 7.11 Å². The Kier molecular flexibility index (Phi) is 8.45. The summed E-state index contributed by atoms with van der Waals surface area (Å²) in [5.74, 6) is 0.117. The van der Waals surface area contributed by atoms with Gasteiger partial charge in [-0.3, -0.25) is 4.79 Å². The van der Waals surface area contributed by atoms with E-state index in [2.05, 4.69) is 17.2 Å². The van der Waals surface area contributed by atoms with Crippen LogP contribution in [-0.2, 0) is 33.7 Å². The van der Waals surface area contributed by atoms with Crippen molar-refractivity contribution in [3.05, 3.63) is 88.5 Å². The Hall–Kier alpha value is -3.12. The van der Waals surface area contributed by atoms with Crippen LogP contribution in [-0.4, -0.2) is 28.5 Å². The number of ether oxygens (including phenoxy) is 1. The van der Waals surface area contributed by atoms with Gasteiger partial charge in [0, 0.05) is 23.3 Å². The summed E-state index contributed by atoms with van der Waals surface area (Å²) >= 11 is 6.38. The van der Waals surface area contributed by atoms with Crippen LogP contribution in [0.3, 0.4) is 0 Å². The first-order chi connectivity index (χ1) is 15.5. The summed E-state index contributed by atoms with van der Waals surface area (Å²) in [7, 11) is 1.31. The molecule has 3 aromatic rings. The van der Waals surface area contributed by atoms with Gasteiger partial charge in [-0.05, 0) is 23.6 Å². The van der Waals surface area contributed by atoms with Crippen LogP contribution < -0.4 is 5.32 Å². The molecule has 0 aliphatic rings. The van der Waals surface area contributed by atoms with Gasteiger partial charge < -0.3 is 14.6 Å². The number of rotatable bonds is 10. The maximum atomic E-state index is 12.9. The number of amides is 1. The van der Waals surface area contributed by atoms with Crippen molar-refractivity contribution >= 4 is 23.5 Å². The third-order valence-electron chi connectivity index (χ3n) is 5.28. The number of methoxy groups -OCH3 is 1. The number of esters is 1. The summed E-state index contributed by atoms with van der Waals surface area (Å²) in [6.07, 6.45) is 4.69. The van der Waals surface area contributed by atoms with Crippen LogP contribution in [0, 0.1) is 0 Å². The Morgan fingerprint density at radius 2 is 1.84 bits per heavy atom. The van der Waals surface area contributed by atoms with Crippen molar-refractivity contribution in [2.24, 2.45) is 0 Å². The second-order valence-corrected chi connectivity index (χ2v) is 7.97. The Bertz CT molecular complexity index is 1050. The molecule has 1 N–H and O–H groups in total. The highest BCUT2D eigenvalue weighted by Gasteiger charge is 2.24. The highest BCUT2D eigenvalue weighted by molar-refractivity contribution is 6.31. The van der Waals surface area contributed by atoms with Gasteiger partial charge in [0.1, 0.15) is 5.82 Å². The highest BCUT2D eigenvalue weighted by atomic mass is 35.5. The molecule has 0 fully saturated rings. The van der Waals surface area contributed by atoms with Crippen molar-refractivity contribution in [1.29, 1.82) is 0 Å². The molecule has 0 unspecified atom stereocenters. The summed E-state index contributed by atoms with van der Waals surface area (Å²) in [5, 5.41) is 3.48. The van der Waals surface area contributed by atoms with E-state index in [9.17, 15) is 9.59 Å². The Morgan fingerprint density at radius 3 is 2.53 bits per heavy atom. The molecule has 1 amide bonds. The number of hydrogen-bond donors (Lipinski definition) is 1. The average molecular weight is 454 g/mol. The number of carbonyl (C=O) groups excluding carboxylic acids is 2. The first-order valence-electron chi connectivity index (χ1n) is 10.7. The first-order valence-corrected chi connectivity index (χ1v) is 11.1. The van der Waals surface area contributed by atoms with Gasteiger partial charge in [-0.15, -0.1) is 0 Å². The number of nitrogens with zero attached hydrogens (tertiary/aromatic N) is 2. The third-order valence-corrected chi connectivity index (χ3v) is 5.65. The average Bonchev–Trinajstić information content (AvgIpc) is 3.18. The van der Waals surface area contributed by atoms with Crippen molar-refractivity contribution in [2.45, 2.75) is 45.2 Å². The minimum absolute atomic E-state index is 0.0872. The standard InChI is InChI=1S/C25H28ClN3O3/c1-3-4-14-22-27-16-20(29(22)17-19-12-8-9-13-21(19)26)15-23(30)28-24(25(31)32-2)18-10-6-5-7-11-18/h5-13,16,24H,3-4,14-15,17H2,1-2H3,(H,28,30)/t24-/m0/s1. The molecule has 0 saturated heterocycles. The van der Waals surface area contributed by atoms with Crippen LogP contribution in [0.4, 0.5) is 0 Å². The summed E-state index contributed by atoms with van der Waals surface area (Å²) in [6.45, 7) is 2.66. The van der Waals surface area contributed by atoms with Crippen LogP contribution in [0.15, 0.2) is 60.8 Å². The predicted molar refractivity (Wildman–Crippen MR) is 124 cm³/mol. The molecule has 0 spiro atoms. The van der Waals surface area contributed by atoms with Crippen LogP contribution in [0.25, 0.3) is 0 Å². The van der Waals surface area contributed by atoms with Crippen molar-refractivity contribution in [1.82, 2.24) is 14.9 Å². The lowest BCUT2D eigenvalue weighted by Crippen LogP contribution is -2.35. The maximum Gasteiger partial charge on any atom is 0.333 e. The molecule has 0 saturated carbocycles. The molecule has 0 bridgehead atoms. The topological polar surface area (TPSA) is 73.2 Å². The van der Waals surface area contributed by atoms with Gasteiger partial charge in [0.2, 0.25) is 5.91 Å². The Morgan fingerprint density at radius 1 is 1.12 bits per heavy atom. The second-order valence-electron chi connectivity index (χ2n) is 7.56. The molecule has 7 heteroatoms. The molecule has 3 rings (SSSR count). The van der Waals surface area contributed by atoms with E-state index in [-0.39, 0.29) is 12.3 Å². The SMILES string of the molecule is CCCCc1ncc(CC(=O)N[C@H](C(=O)OC)c2ccccc2)n1Cc1ccccc1Cl. The molecule has 2 aromatic carbocycles. The minimum Gasteiger partial charge on any atom is -0.467 e. The van der Waals surface area contributed by atoms with Gasteiger partial charge in [0.05, 0.1) is 20.1 Å². The fraction of sp³-hybridized carbons (Fsp3) is 0.320. The predicted octanol–water partition coefficient (Wildman–Crippen LogP) is 4.50. The molecule has 6 nitrogen and oxygen atoms in total. The van der Waals surface area contributed by atoms with Crippen LogP contribution in [0.5, 0.6) is 0 Å². The van der Waals surface area contributed by atoms with E-state index in [4.69, 9.17) is 16.3 Å². The molecular formula is C25H28ClN3O3. The fourth-order valence-electron chi connectivity index (χ4n) is 3.54. The van der Waals surface area contributed by atoms with E-state index >= 15 is 0 Å². The van der Waals surface area contributed by atoms with E-state index in [0.717, 1.165) is 36.3 Å². The van der Waals surface area contributed by atoms with Crippen LogP contribution in [0.2, 0.25) is 5.02 Å². The van der Waals surface area contributed by atoms with E-state index in [1.54, 1.807) is 18.3 Å². The zero-order valence-corrected chi connectivity index (χ0v) is 19.1. The van der Waals surface area contributed by atoms with Gasteiger partial charge in [-0.1, -0.05) is 73.5 Å².